The highest BCUT2D eigenvalue weighted by Crippen LogP contribution is 2.46. The van der Waals surface area contributed by atoms with Crippen LogP contribution in [0.3, 0.4) is 0 Å². The lowest BCUT2D eigenvalue weighted by atomic mass is 9.78. The minimum atomic E-state index is -1.16. The molecule has 1 unspecified atom stereocenters. The number of imidazole rings is 1. The number of hydrogen-bond acceptors (Lipinski definition) is 5. The first-order valence-electron chi connectivity index (χ1n) is 13.5. The molecule has 4 heterocycles. The number of nitrogens with one attached hydrogen (secondary N) is 3. The number of para-hydroxylation sites is 1. The number of rotatable bonds is 6. The predicted octanol–water partition coefficient (Wildman–Crippen LogP) is 5.55. The Morgan fingerprint density at radius 3 is 2.63 bits per heavy atom. The standard InChI is InChI=1S/C31H32FN7O2/c1-18(2)39(5)30(40)41-19(3)31(21-15-34-38(4)17-21)28-24(23-8-6-7-9-25(23)35-28)14-26(37-31)29-33-16-27(36-29)20-10-12-22(32)13-11-20/h6-13,15-18,26,35,37H,3,14H2,1-2,4-5H3,(H,33,36)/t26-,31?/m1/s1. The zero-order valence-electron chi connectivity index (χ0n) is 23.4. The fourth-order valence-corrected chi connectivity index (χ4v) is 5.46. The number of carbonyl (C=O) groups excluding carboxylic acids is 1. The van der Waals surface area contributed by atoms with E-state index in [9.17, 15) is 9.18 Å². The molecule has 6 rings (SSSR count). The van der Waals surface area contributed by atoms with Crippen LogP contribution in [0.25, 0.3) is 22.2 Å². The van der Waals surface area contributed by atoms with Crippen molar-refractivity contribution in [1.82, 2.24) is 34.9 Å². The van der Waals surface area contributed by atoms with Crippen LogP contribution in [0.4, 0.5) is 9.18 Å². The Labute approximate surface area is 237 Å². The van der Waals surface area contributed by atoms with Crippen LogP contribution in [-0.4, -0.2) is 48.8 Å². The molecule has 1 aliphatic rings. The maximum atomic E-state index is 13.6. The Kier molecular flexibility index (Phi) is 6.50. The number of carbonyl (C=O) groups is 1. The molecule has 9 nitrogen and oxygen atoms in total. The van der Waals surface area contributed by atoms with Crippen molar-refractivity contribution in [3.63, 3.8) is 0 Å². The van der Waals surface area contributed by atoms with E-state index in [2.05, 4.69) is 33.0 Å². The summed E-state index contributed by atoms with van der Waals surface area (Å²) >= 11 is 0. The van der Waals surface area contributed by atoms with Gasteiger partial charge in [-0.15, -0.1) is 0 Å². The molecule has 5 aromatic rings. The minimum absolute atomic E-state index is 0.0617. The second-order valence-electron chi connectivity index (χ2n) is 10.8. The summed E-state index contributed by atoms with van der Waals surface area (Å²) in [4.78, 5) is 26.4. The summed E-state index contributed by atoms with van der Waals surface area (Å²) in [5.74, 6) is 0.601. The monoisotopic (exact) mass is 553 g/mol. The third-order valence-electron chi connectivity index (χ3n) is 7.90. The van der Waals surface area contributed by atoms with Crippen molar-refractivity contribution in [2.45, 2.75) is 37.9 Å². The first-order chi connectivity index (χ1) is 19.7. The molecule has 2 aromatic carbocycles. The van der Waals surface area contributed by atoms with Crippen molar-refractivity contribution >= 4 is 17.0 Å². The number of halogens is 1. The smallest absolute Gasteiger partial charge is 0.413 e. The number of nitrogens with zero attached hydrogens (tertiary/aromatic N) is 4. The maximum Gasteiger partial charge on any atom is 0.414 e. The molecule has 10 heteroatoms. The lowest BCUT2D eigenvalue weighted by molar-refractivity contribution is 0.110. The maximum absolute atomic E-state index is 13.6. The molecule has 1 amide bonds. The second kappa shape index (κ2) is 10.0. The fraction of sp³-hybridized carbons (Fsp3) is 0.258. The molecule has 0 fully saturated rings. The van der Waals surface area contributed by atoms with E-state index in [0.717, 1.165) is 39.0 Å². The Morgan fingerprint density at radius 1 is 1.17 bits per heavy atom. The van der Waals surface area contributed by atoms with E-state index in [0.29, 0.717) is 12.2 Å². The van der Waals surface area contributed by atoms with Gasteiger partial charge >= 0.3 is 6.09 Å². The van der Waals surface area contributed by atoms with E-state index in [4.69, 9.17) is 9.72 Å². The summed E-state index contributed by atoms with van der Waals surface area (Å²) in [6.45, 7) is 8.16. The third kappa shape index (κ3) is 4.50. The molecule has 3 N–H and O–H groups in total. The second-order valence-corrected chi connectivity index (χ2v) is 10.8. The summed E-state index contributed by atoms with van der Waals surface area (Å²) in [5.41, 5.74) is 4.03. The predicted molar refractivity (Wildman–Crippen MR) is 154 cm³/mol. The molecule has 41 heavy (non-hydrogen) atoms. The Hall–Kier alpha value is -4.70. The summed E-state index contributed by atoms with van der Waals surface area (Å²) in [7, 11) is 3.54. The molecule has 210 valence electrons. The quantitative estimate of drug-likeness (QED) is 0.239. The molecule has 0 saturated heterocycles. The molecule has 0 saturated carbocycles. The van der Waals surface area contributed by atoms with Crippen LogP contribution in [0.1, 0.15) is 42.5 Å². The summed E-state index contributed by atoms with van der Waals surface area (Å²) < 4.78 is 21.3. The van der Waals surface area contributed by atoms with Gasteiger partial charge in [0.25, 0.3) is 0 Å². The van der Waals surface area contributed by atoms with E-state index in [1.807, 2.05) is 45.3 Å². The molecule has 0 spiro atoms. The van der Waals surface area contributed by atoms with Crippen molar-refractivity contribution in [2.75, 3.05) is 7.05 Å². The average Bonchev–Trinajstić information content (AvgIpc) is 3.71. The van der Waals surface area contributed by atoms with Gasteiger partial charge in [-0.05, 0) is 61.7 Å². The van der Waals surface area contributed by atoms with E-state index in [1.54, 1.807) is 36.3 Å². The number of H-pyrrole nitrogens is 2. The van der Waals surface area contributed by atoms with Crippen LogP contribution in [0, 0.1) is 5.82 Å². The van der Waals surface area contributed by atoms with Crippen LogP contribution in [0.15, 0.2) is 79.5 Å². The number of aromatic nitrogens is 5. The molecule has 1 aliphatic heterocycles. The molecule has 0 bridgehead atoms. The van der Waals surface area contributed by atoms with Gasteiger partial charge in [-0.3, -0.25) is 10.00 Å². The van der Waals surface area contributed by atoms with Crippen molar-refractivity contribution in [2.24, 2.45) is 7.05 Å². The van der Waals surface area contributed by atoms with E-state index < -0.39 is 11.6 Å². The Bertz CT molecular complexity index is 1750. The lowest BCUT2D eigenvalue weighted by Crippen LogP contribution is -2.52. The van der Waals surface area contributed by atoms with Crippen LogP contribution in [0.2, 0.25) is 0 Å². The normalized spacial score (nSPS) is 18.4. The van der Waals surface area contributed by atoms with Gasteiger partial charge in [0.05, 0.1) is 29.8 Å². The highest BCUT2D eigenvalue weighted by atomic mass is 19.1. The zero-order chi connectivity index (χ0) is 28.9. The van der Waals surface area contributed by atoms with Gasteiger partial charge in [0.2, 0.25) is 0 Å². The van der Waals surface area contributed by atoms with Gasteiger partial charge in [-0.25, -0.2) is 14.2 Å². The van der Waals surface area contributed by atoms with Crippen molar-refractivity contribution < 1.29 is 13.9 Å². The third-order valence-corrected chi connectivity index (χ3v) is 7.90. The molecule has 3 aromatic heterocycles. The Balaban J connectivity index is 1.51. The number of amides is 1. The van der Waals surface area contributed by atoms with Crippen LogP contribution >= 0.6 is 0 Å². The molecular weight excluding hydrogens is 521 g/mol. The fourth-order valence-electron chi connectivity index (χ4n) is 5.46. The highest BCUT2D eigenvalue weighted by molar-refractivity contribution is 5.86. The van der Waals surface area contributed by atoms with E-state index >= 15 is 0 Å². The average molecular weight is 554 g/mol. The molecule has 0 radical (unpaired) electrons. The molecular formula is C31H32FN7O2. The van der Waals surface area contributed by atoms with Crippen molar-refractivity contribution in [3.05, 3.63) is 108 Å². The zero-order valence-corrected chi connectivity index (χ0v) is 23.4. The van der Waals surface area contributed by atoms with Gasteiger partial charge in [0.15, 0.2) is 0 Å². The topological polar surface area (TPSA) is 104 Å². The number of fused-ring (bicyclic) bond motifs is 3. The SMILES string of the molecule is C=C(OC(=O)N(C)C(C)C)C1(c2cnn(C)c2)N[C@@H](c2ncc(-c3ccc(F)cc3)[nH]2)Cc2c1[nH]c1ccccc21. The summed E-state index contributed by atoms with van der Waals surface area (Å²) in [6, 6.07) is 14.0. The number of benzene rings is 2. The van der Waals surface area contributed by atoms with E-state index in [1.165, 1.54) is 17.0 Å². The molecule has 0 aliphatic carbocycles. The number of aryl methyl sites for hydroxylation is 1. The number of aromatic amines is 2. The Morgan fingerprint density at radius 2 is 1.93 bits per heavy atom. The largest absolute Gasteiger partial charge is 0.414 e. The van der Waals surface area contributed by atoms with Gasteiger partial charge in [0, 0.05) is 42.8 Å². The molecule has 2 atom stereocenters. The summed E-state index contributed by atoms with van der Waals surface area (Å²) in [5, 5.41) is 9.26. The minimum Gasteiger partial charge on any atom is -0.413 e. The van der Waals surface area contributed by atoms with E-state index in [-0.39, 0.29) is 23.7 Å². The van der Waals surface area contributed by atoms with Gasteiger partial charge in [-0.1, -0.05) is 24.8 Å². The lowest BCUT2D eigenvalue weighted by Gasteiger charge is -2.42. The number of ether oxygens (including phenoxy) is 1. The van der Waals surface area contributed by atoms with Gasteiger partial charge in [0.1, 0.15) is 22.9 Å². The highest BCUT2D eigenvalue weighted by Gasteiger charge is 2.49. The first-order valence-corrected chi connectivity index (χ1v) is 13.5. The van der Waals surface area contributed by atoms with Gasteiger partial charge in [-0.2, -0.15) is 5.10 Å². The van der Waals surface area contributed by atoms with Crippen molar-refractivity contribution in [3.8, 4) is 11.3 Å². The number of hydrogen-bond donors (Lipinski definition) is 3. The van der Waals surface area contributed by atoms with Gasteiger partial charge < -0.3 is 19.6 Å². The van der Waals surface area contributed by atoms with Crippen LogP contribution in [-0.2, 0) is 23.7 Å². The van der Waals surface area contributed by atoms with Crippen LogP contribution in [0.5, 0.6) is 0 Å². The van der Waals surface area contributed by atoms with Crippen LogP contribution < -0.4 is 5.32 Å². The van der Waals surface area contributed by atoms with Crippen molar-refractivity contribution in [1.29, 1.82) is 0 Å². The first kappa shape index (κ1) is 26.5. The summed E-state index contributed by atoms with van der Waals surface area (Å²) in [6.07, 6.45) is 5.48.